The van der Waals surface area contributed by atoms with Crippen molar-refractivity contribution in [1.82, 2.24) is 0 Å². The molecule has 72 heavy (non-hydrogen) atoms. The third kappa shape index (κ3) is 5.15. The minimum absolute atomic E-state index is 0.257. The number of rotatable bonds is 4. The van der Waals surface area contributed by atoms with Gasteiger partial charge in [0.25, 0.3) is 0 Å². The lowest BCUT2D eigenvalue weighted by molar-refractivity contribution is -0.258. The first-order valence-corrected chi connectivity index (χ1v) is 26.0. The standard InChI is InChI=1S/C55H34F12OS4/c1-45-34(20-23-69-45)41-43(52(60,61)54(64,65)50(41,56)57)36-25-39(71-47(36,45)3)28-9-14-30(15-10-28)49(22-19-33-32-8-6-5-7-27(32)13-18-38(33)68-49)31-16-11-29(12-17-31)40-26-37-44-42(51(58,59)55(66,67)53(44,62)63)35-21-24-70-46(35,2)48(37,4)72-40/h5-26H,1-4H3. The summed E-state index contributed by atoms with van der Waals surface area (Å²) in [4.78, 5) is 0.798. The smallest absolute Gasteiger partial charge is 0.380 e. The van der Waals surface area contributed by atoms with Crippen molar-refractivity contribution in [3.05, 3.63) is 199 Å². The zero-order valence-corrected chi connectivity index (χ0v) is 41.0. The van der Waals surface area contributed by atoms with E-state index in [-0.39, 0.29) is 22.3 Å². The fraction of sp³-hybridized carbons (Fsp3) is 0.273. The van der Waals surface area contributed by atoms with Gasteiger partial charge in [-0.15, -0.1) is 47.0 Å². The highest BCUT2D eigenvalue weighted by atomic mass is 32.2. The lowest BCUT2D eigenvalue weighted by Gasteiger charge is -2.47. The predicted molar refractivity (Wildman–Crippen MR) is 263 cm³/mol. The van der Waals surface area contributed by atoms with Gasteiger partial charge in [-0.25, -0.2) is 0 Å². The Balaban J connectivity index is 0.913. The van der Waals surface area contributed by atoms with Gasteiger partial charge in [-0.05, 0) is 113 Å². The van der Waals surface area contributed by atoms with E-state index in [1.807, 2.05) is 48.6 Å². The monoisotopic (exact) mass is 1070 g/mol. The Morgan fingerprint density at radius 1 is 0.431 bits per heavy atom. The van der Waals surface area contributed by atoms with Crippen LogP contribution in [0.25, 0.3) is 26.7 Å². The Kier molecular flexibility index (Phi) is 9.06. The maximum absolute atomic E-state index is 15.8. The lowest BCUT2D eigenvalue weighted by Crippen LogP contribution is -2.48. The second-order valence-electron chi connectivity index (χ2n) is 19.8. The SMILES string of the molecule is CC12SC=CC1=C1C(=C3C=C(c4ccc(C5(c6ccc(C7=CC8=C9C(=C%10C=CSC%10(C)C8(C)S7)C(F)(F)C(F)(F)C9(F)F)cc6)C=Cc6c(ccc7ccccc67)O5)cc4)SC32C)C(F)(F)C(F)(F)C1(F)F. The maximum atomic E-state index is 15.8. The third-order valence-corrected chi connectivity index (χ3v) is 22.6. The molecule has 4 aromatic rings. The number of halogens is 12. The lowest BCUT2D eigenvalue weighted by atomic mass is 9.71. The summed E-state index contributed by atoms with van der Waals surface area (Å²) in [7, 11) is 0. The fourth-order valence-corrected chi connectivity index (χ4v) is 17.8. The summed E-state index contributed by atoms with van der Waals surface area (Å²) < 4.78 is 188. The van der Waals surface area contributed by atoms with Crippen LogP contribution in [-0.4, -0.2) is 54.5 Å². The molecule has 4 unspecified atom stereocenters. The third-order valence-electron chi connectivity index (χ3n) is 16.4. The molecule has 0 radical (unpaired) electrons. The predicted octanol–water partition coefficient (Wildman–Crippen LogP) is 17.0. The van der Waals surface area contributed by atoms with Crippen molar-refractivity contribution in [3.8, 4) is 5.75 Å². The Morgan fingerprint density at radius 3 is 1.29 bits per heavy atom. The minimum atomic E-state index is -5.67. The number of alkyl halides is 12. The molecular weight excluding hydrogens is 1030 g/mol. The largest absolute Gasteiger partial charge is 0.473 e. The van der Waals surface area contributed by atoms with E-state index < -0.39 is 82.4 Å². The molecule has 0 N–H and O–H groups in total. The number of hydrogen-bond donors (Lipinski definition) is 0. The first-order chi connectivity index (χ1) is 33.7. The number of benzene rings is 4. The average molecular weight is 1070 g/mol. The van der Waals surface area contributed by atoms with Gasteiger partial charge >= 0.3 is 35.5 Å². The highest BCUT2D eigenvalue weighted by Crippen LogP contribution is 2.76. The normalized spacial score (nSPS) is 33.9. The molecule has 0 amide bonds. The van der Waals surface area contributed by atoms with Crippen LogP contribution in [0.2, 0.25) is 0 Å². The molecule has 9 aliphatic rings. The molecule has 13 rings (SSSR count). The molecule has 0 saturated heterocycles. The summed E-state index contributed by atoms with van der Waals surface area (Å²) in [5, 5.41) is 4.83. The van der Waals surface area contributed by atoms with Crippen LogP contribution in [0.1, 0.15) is 55.5 Å². The van der Waals surface area contributed by atoms with Crippen LogP contribution < -0.4 is 4.74 Å². The molecule has 0 spiro atoms. The highest BCUT2D eigenvalue weighted by Gasteiger charge is 2.85. The molecule has 4 atom stereocenters. The van der Waals surface area contributed by atoms with E-state index in [0.29, 0.717) is 37.8 Å². The van der Waals surface area contributed by atoms with Crippen LogP contribution >= 0.6 is 47.0 Å². The van der Waals surface area contributed by atoms with Crippen molar-refractivity contribution in [3.63, 3.8) is 0 Å². The summed E-state index contributed by atoms with van der Waals surface area (Å²) in [5.74, 6) is -31.4. The van der Waals surface area contributed by atoms with Crippen LogP contribution in [0.15, 0.2) is 171 Å². The van der Waals surface area contributed by atoms with Crippen LogP contribution in [0.5, 0.6) is 5.75 Å². The molecular formula is C55H34F12OS4. The van der Waals surface area contributed by atoms with Crippen LogP contribution in [0.3, 0.4) is 0 Å². The van der Waals surface area contributed by atoms with Gasteiger partial charge in [0, 0.05) is 48.8 Å². The summed E-state index contributed by atoms with van der Waals surface area (Å²) in [6.45, 7) is 6.44. The molecule has 0 bridgehead atoms. The van der Waals surface area contributed by atoms with Crippen molar-refractivity contribution < 1.29 is 57.4 Å². The number of thioether (sulfide) groups is 4. The van der Waals surface area contributed by atoms with E-state index in [0.717, 1.165) is 63.4 Å². The van der Waals surface area contributed by atoms with Crippen LogP contribution in [0, 0.1) is 0 Å². The van der Waals surface area contributed by atoms with E-state index in [9.17, 15) is 0 Å². The van der Waals surface area contributed by atoms with Gasteiger partial charge in [0.2, 0.25) is 0 Å². The number of allylic oxidation sites excluding steroid dienone is 8. The summed E-state index contributed by atoms with van der Waals surface area (Å²) in [5.41, 5.74) is -4.88. The van der Waals surface area contributed by atoms with Crippen LogP contribution in [-0.2, 0) is 5.60 Å². The number of hydrogen-bond acceptors (Lipinski definition) is 5. The molecule has 17 heteroatoms. The van der Waals surface area contributed by atoms with Gasteiger partial charge in [-0.1, -0.05) is 91.0 Å². The Labute approximate surface area is 421 Å². The average Bonchev–Trinajstić information content (AvgIpc) is 4.16. The fourth-order valence-electron chi connectivity index (χ4n) is 12.1. The van der Waals surface area contributed by atoms with E-state index >= 15 is 52.7 Å². The van der Waals surface area contributed by atoms with E-state index in [4.69, 9.17) is 4.74 Å². The maximum Gasteiger partial charge on any atom is 0.380 e. The Bertz CT molecular complexity index is 3340. The van der Waals surface area contributed by atoms with Gasteiger partial charge < -0.3 is 4.74 Å². The van der Waals surface area contributed by atoms with Crippen molar-refractivity contribution in [2.75, 3.05) is 0 Å². The summed E-state index contributed by atoms with van der Waals surface area (Å²) >= 11 is 4.51. The first-order valence-electron chi connectivity index (χ1n) is 22.6. The first kappa shape index (κ1) is 46.9. The van der Waals surface area contributed by atoms with Gasteiger partial charge in [-0.3, -0.25) is 0 Å². The molecule has 1 nitrogen and oxygen atoms in total. The summed E-state index contributed by atoms with van der Waals surface area (Å²) in [6, 6.07) is 25.4. The molecule has 0 aromatic heterocycles. The molecule has 4 aromatic carbocycles. The molecule has 2 saturated carbocycles. The second-order valence-corrected chi connectivity index (χ2v) is 25.4. The number of fused-ring (bicyclic) bond motifs is 11. The quantitative estimate of drug-likeness (QED) is 0.188. The van der Waals surface area contributed by atoms with Crippen molar-refractivity contribution >= 4 is 73.7 Å². The van der Waals surface area contributed by atoms with Crippen molar-refractivity contribution in [1.29, 1.82) is 0 Å². The molecule has 5 aliphatic heterocycles. The molecule has 2 fully saturated rings. The minimum Gasteiger partial charge on any atom is -0.473 e. The van der Waals surface area contributed by atoms with Gasteiger partial charge in [0.05, 0.1) is 19.0 Å². The molecule has 5 heterocycles. The zero-order valence-electron chi connectivity index (χ0n) is 37.8. The second kappa shape index (κ2) is 13.9. The Hall–Kier alpha value is -4.84. The molecule has 368 valence electrons. The van der Waals surface area contributed by atoms with Crippen molar-refractivity contribution in [2.24, 2.45) is 0 Å². The van der Waals surface area contributed by atoms with Crippen molar-refractivity contribution in [2.45, 2.75) is 87.8 Å². The summed E-state index contributed by atoms with van der Waals surface area (Å²) in [6.07, 6.45) is 8.91. The number of ether oxygens (including phenoxy) is 1. The van der Waals surface area contributed by atoms with Gasteiger partial charge in [0.1, 0.15) is 5.75 Å². The van der Waals surface area contributed by atoms with Gasteiger partial charge in [-0.2, -0.15) is 52.7 Å². The Morgan fingerprint density at radius 2 is 0.847 bits per heavy atom. The van der Waals surface area contributed by atoms with Gasteiger partial charge in [0.15, 0.2) is 5.60 Å². The molecule has 4 aliphatic carbocycles. The zero-order chi connectivity index (χ0) is 51.0. The highest BCUT2D eigenvalue weighted by molar-refractivity contribution is 8.12. The van der Waals surface area contributed by atoms with Crippen LogP contribution in [0.4, 0.5) is 52.7 Å². The topological polar surface area (TPSA) is 9.23 Å². The van der Waals surface area contributed by atoms with E-state index in [2.05, 4.69) is 0 Å². The van der Waals surface area contributed by atoms with E-state index in [1.165, 1.54) is 35.1 Å². The van der Waals surface area contributed by atoms with E-state index in [1.54, 1.807) is 76.2 Å².